The van der Waals surface area contributed by atoms with Crippen LogP contribution in [0.1, 0.15) is 37.9 Å². The average molecular weight is 255 g/mol. The topological polar surface area (TPSA) is 44.2 Å². The average Bonchev–Trinajstić information content (AvgIpc) is 2.71. The summed E-state index contributed by atoms with van der Waals surface area (Å²) < 4.78 is 2.74. The molecule has 0 aromatic carbocycles. The van der Waals surface area contributed by atoms with E-state index in [0.717, 1.165) is 12.2 Å². The molecule has 0 radical (unpaired) electrons. The molecule has 1 aliphatic heterocycles. The molecule has 1 unspecified atom stereocenters. The molecule has 1 fully saturated rings. The van der Waals surface area contributed by atoms with Gasteiger partial charge in [0.2, 0.25) is 0 Å². The number of hydrogen-bond donors (Lipinski definition) is 2. The maximum atomic E-state index is 9.29. The number of aliphatic hydroxyl groups excluding tert-OH is 1. The lowest BCUT2D eigenvalue weighted by atomic mass is 10.1. The summed E-state index contributed by atoms with van der Waals surface area (Å²) in [6.45, 7) is 5.60. The van der Waals surface area contributed by atoms with Gasteiger partial charge in [-0.05, 0) is 45.1 Å². The van der Waals surface area contributed by atoms with Crippen molar-refractivity contribution in [3.8, 4) is 0 Å². The van der Waals surface area contributed by atoms with Crippen molar-refractivity contribution in [2.24, 2.45) is 0 Å². The van der Waals surface area contributed by atoms with E-state index < -0.39 is 0 Å². The van der Waals surface area contributed by atoms with Crippen LogP contribution < -0.4 is 0 Å². The Bertz CT molecular complexity index is 406. The third-order valence-electron chi connectivity index (χ3n) is 3.46. The third kappa shape index (κ3) is 2.97. The lowest BCUT2D eigenvalue weighted by Crippen LogP contribution is -2.34. The van der Waals surface area contributed by atoms with Crippen molar-refractivity contribution in [3.05, 3.63) is 16.7 Å². The molecule has 96 valence electrons. The minimum absolute atomic E-state index is 0.0392. The van der Waals surface area contributed by atoms with Crippen LogP contribution in [0.25, 0.3) is 0 Å². The minimum Gasteiger partial charge on any atom is -0.390 e. The normalized spacial score (nSPS) is 19.4. The van der Waals surface area contributed by atoms with Crippen LogP contribution in [0, 0.1) is 4.77 Å². The van der Waals surface area contributed by atoms with Crippen molar-refractivity contribution in [1.82, 2.24) is 14.5 Å². The molecule has 0 spiro atoms. The van der Waals surface area contributed by atoms with Crippen LogP contribution >= 0.6 is 12.2 Å². The minimum atomic E-state index is 0.0392. The summed E-state index contributed by atoms with van der Waals surface area (Å²) in [7, 11) is 0. The highest BCUT2D eigenvalue weighted by Gasteiger charge is 2.16. The standard InChI is InChI=1S/C12H21N3OS/c1-10(8-14-5-3-2-4-6-14)15-11(9-16)7-13-12(15)17/h7,10,16H,2-6,8-9H2,1H3,(H,13,17). The van der Waals surface area contributed by atoms with E-state index in [-0.39, 0.29) is 6.61 Å². The molecule has 1 aliphatic rings. The zero-order valence-electron chi connectivity index (χ0n) is 10.4. The van der Waals surface area contributed by atoms with E-state index in [0.29, 0.717) is 10.8 Å². The molecule has 1 atom stereocenters. The molecule has 17 heavy (non-hydrogen) atoms. The molecule has 0 amide bonds. The summed E-state index contributed by atoms with van der Waals surface area (Å²) in [5, 5.41) is 9.29. The number of rotatable bonds is 4. The van der Waals surface area contributed by atoms with Gasteiger partial charge in [0.25, 0.3) is 0 Å². The van der Waals surface area contributed by atoms with E-state index in [1.165, 1.54) is 32.4 Å². The number of nitrogens with zero attached hydrogens (tertiary/aromatic N) is 2. The molecular formula is C12H21N3OS. The van der Waals surface area contributed by atoms with Gasteiger partial charge in [0.05, 0.1) is 12.3 Å². The van der Waals surface area contributed by atoms with E-state index in [1.54, 1.807) is 6.20 Å². The first-order valence-corrected chi connectivity index (χ1v) is 6.75. The van der Waals surface area contributed by atoms with Gasteiger partial charge in [-0.15, -0.1) is 0 Å². The van der Waals surface area contributed by atoms with Gasteiger partial charge in [-0.2, -0.15) is 0 Å². The SMILES string of the molecule is CC(CN1CCCCC1)n1c(CO)c[nH]c1=S. The van der Waals surface area contributed by atoms with Crippen molar-refractivity contribution in [3.63, 3.8) is 0 Å². The molecule has 1 saturated heterocycles. The summed E-state index contributed by atoms with van der Waals surface area (Å²) in [6, 6.07) is 0.314. The Balaban J connectivity index is 2.05. The quantitative estimate of drug-likeness (QED) is 0.810. The second-order valence-corrected chi connectivity index (χ2v) is 5.21. The first kappa shape index (κ1) is 12.8. The van der Waals surface area contributed by atoms with Crippen molar-refractivity contribution < 1.29 is 5.11 Å². The fraction of sp³-hybridized carbons (Fsp3) is 0.750. The van der Waals surface area contributed by atoms with Crippen molar-refractivity contribution in [1.29, 1.82) is 0 Å². The number of imidazole rings is 1. The van der Waals surface area contributed by atoms with Crippen LogP contribution in [-0.4, -0.2) is 39.2 Å². The van der Waals surface area contributed by atoms with Crippen LogP contribution in [0.3, 0.4) is 0 Å². The van der Waals surface area contributed by atoms with Gasteiger partial charge in [0.15, 0.2) is 4.77 Å². The summed E-state index contributed by atoms with van der Waals surface area (Å²) in [5.74, 6) is 0. The van der Waals surface area contributed by atoms with Gasteiger partial charge in [-0.3, -0.25) is 0 Å². The van der Waals surface area contributed by atoms with E-state index in [9.17, 15) is 5.11 Å². The smallest absolute Gasteiger partial charge is 0.177 e. The number of hydrogen-bond acceptors (Lipinski definition) is 3. The number of aromatic nitrogens is 2. The number of H-pyrrole nitrogens is 1. The predicted molar refractivity (Wildman–Crippen MR) is 70.5 cm³/mol. The van der Waals surface area contributed by atoms with Gasteiger partial charge in [0, 0.05) is 18.8 Å². The van der Waals surface area contributed by atoms with Gasteiger partial charge in [-0.1, -0.05) is 6.42 Å². The second kappa shape index (κ2) is 5.80. The Morgan fingerprint density at radius 3 is 2.76 bits per heavy atom. The molecule has 2 heterocycles. The number of nitrogens with one attached hydrogen (secondary N) is 1. The van der Waals surface area contributed by atoms with Crippen LogP contribution in [0.2, 0.25) is 0 Å². The molecule has 4 nitrogen and oxygen atoms in total. The van der Waals surface area contributed by atoms with Gasteiger partial charge >= 0.3 is 0 Å². The molecule has 0 aliphatic carbocycles. The highest BCUT2D eigenvalue weighted by atomic mass is 32.1. The lowest BCUT2D eigenvalue weighted by Gasteiger charge is -2.30. The van der Waals surface area contributed by atoms with Crippen LogP contribution in [0.15, 0.2) is 6.20 Å². The van der Waals surface area contributed by atoms with E-state index >= 15 is 0 Å². The molecule has 5 heteroatoms. The zero-order chi connectivity index (χ0) is 12.3. The third-order valence-corrected chi connectivity index (χ3v) is 3.78. The lowest BCUT2D eigenvalue weighted by molar-refractivity contribution is 0.195. The fourth-order valence-electron chi connectivity index (χ4n) is 2.62. The van der Waals surface area contributed by atoms with E-state index in [1.807, 2.05) is 4.57 Å². The Hall–Kier alpha value is -0.650. The molecule has 2 rings (SSSR count). The highest BCUT2D eigenvalue weighted by molar-refractivity contribution is 7.71. The van der Waals surface area contributed by atoms with Crippen LogP contribution in [-0.2, 0) is 6.61 Å². The Morgan fingerprint density at radius 1 is 1.41 bits per heavy atom. The van der Waals surface area contributed by atoms with Gasteiger partial charge < -0.3 is 19.6 Å². The molecule has 0 bridgehead atoms. The van der Waals surface area contributed by atoms with Crippen LogP contribution in [0.4, 0.5) is 0 Å². The maximum absolute atomic E-state index is 9.29. The monoisotopic (exact) mass is 255 g/mol. The van der Waals surface area contributed by atoms with Crippen molar-refractivity contribution in [2.45, 2.75) is 38.8 Å². The molecule has 1 aromatic heterocycles. The summed E-state index contributed by atoms with van der Waals surface area (Å²) in [5.41, 5.74) is 0.875. The van der Waals surface area contributed by atoms with Gasteiger partial charge in [0.1, 0.15) is 0 Å². The van der Waals surface area contributed by atoms with E-state index in [4.69, 9.17) is 12.2 Å². The van der Waals surface area contributed by atoms with Gasteiger partial charge in [-0.25, -0.2) is 0 Å². The van der Waals surface area contributed by atoms with E-state index in [2.05, 4.69) is 16.8 Å². The molecular weight excluding hydrogens is 234 g/mol. The zero-order valence-corrected chi connectivity index (χ0v) is 11.2. The molecule has 2 N–H and O–H groups in total. The Labute approximate surface area is 107 Å². The Morgan fingerprint density at radius 2 is 2.12 bits per heavy atom. The largest absolute Gasteiger partial charge is 0.390 e. The summed E-state index contributed by atoms with van der Waals surface area (Å²) in [4.78, 5) is 5.50. The maximum Gasteiger partial charge on any atom is 0.177 e. The first-order valence-electron chi connectivity index (χ1n) is 6.34. The number of likely N-dealkylation sites (tertiary alicyclic amines) is 1. The second-order valence-electron chi connectivity index (χ2n) is 4.82. The van der Waals surface area contributed by atoms with Crippen LogP contribution in [0.5, 0.6) is 0 Å². The summed E-state index contributed by atoms with van der Waals surface area (Å²) in [6.07, 6.45) is 5.77. The molecule has 0 saturated carbocycles. The molecule has 1 aromatic rings. The number of aromatic amines is 1. The number of piperidine rings is 1. The number of aliphatic hydroxyl groups is 1. The van der Waals surface area contributed by atoms with Crippen molar-refractivity contribution in [2.75, 3.05) is 19.6 Å². The first-order chi connectivity index (χ1) is 8.22. The summed E-state index contributed by atoms with van der Waals surface area (Å²) >= 11 is 5.26. The predicted octanol–water partition coefficient (Wildman–Crippen LogP) is 2.08. The Kier molecular flexibility index (Phi) is 4.36. The van der Waals surface area contributed by atoms with Crippen molar-refractivity contribution >= 4 is 12.2 Å². The highest BCUT2D eigenvalue weighted by Crippen LogP contribution is 2.16. The fourth-order valence-corrected chi connectivity index (χ4v) is 2.97.